The summed E-state index contributed by atoms with van der Waals surface area (Å²) in [6.45, 7) is 1.72. The molecule has 2 nitrogen and oxygen atoms in total. The van der Waals surface area contributed by atoms with Gasteiger partial charge in [-0.1, -0.05) is 24.6 Å². The largest absolute Gasteiger partial charge is 0.299 e. The number of aryl methyl sites for hydroxylation is 1. The maximum atomic E-state index is 14.0. The summed E-state index contributed by atoms with van der Waals surface area (Å²) in [5, 5.41) is 0.377. The zero-order valence-corrected chi connectivity index (χ0v) is 13.1. The number of benzene rings is 1. The molecule has 0 radical (unpaired) electrons. The lowest BCUT2D eigenvalue weighted by atomic mass is 9.84. The fourth-order valence-electron chi connectivity index (χ4n) is 3.67. The van der Waals surface area contributed by atoms with Crippen LogP contribution in [0.3, 0.4) is 0 Å². The first kappa shape index (κ1) is 14.9. The van der Waals surface area contributed by atoms with Gasteiger partial charge in [-0.25, -0.2) is 4.39 Å². The zero-order chi connectivity index (χ0) is 15.0. The van der Waals surface area contributed by atoms with Crippen molar-refractivity contribution in [3.63, 3.8) is 0 Å². The third-order valence-electron chi connectivity index (χ3n) is 4.90. The average molecular weight is 308 g/mol. The number of hydrogen-bond acceptors (Lipinski definition) is 2. The zero-order valence-electron chi connectivity index (χ0n) is 12.3. The number of fused-ring (bicyclic) bond motifs is 2. The highest BCUT2D eigenvalue weighted by molar-refractivity contribution is 7.86. The van der Waals surface area contributed by atoms with Gasteiger partial charge in [0.05, 0.1) is 0 Å². The van der Waals surface area contributed by atoms with Crippen LogP contribution >= 0.6 is 0 Å². The number of rotatable bonds is 3. The molecule has 2 saturated heterocycles. The fraction of sp³-hybridized carbons (Fsp3) is 0.588. The third kappa shape index (κ3) is 2.96. The molecular weight excluding hydrogens is 287 g/mol. The molecule has 0 aliphatic carbocycles. The standard InChI is InChI=1S/C17H21FO2S/c1-11-4-2-5-12(17(11)18)10-16(19)13-8-14-6-3-7-15(9-13)21(14)20/h2,4-5,13-15H,3,6-10H2,1H3. The molecule has 2 bridgehead atoms. The van der Waals surface area contributed by atoms with Gasteiger partial charge >= 0.3 is 0 Å². The number of ketones is 1. The van der Waals surface area contributed by atoms with Gasteiger partial charge in [-0.3, -0.25) is 9.00 Å². The normalized spacial score (nSPS) is 31.9. The van der Waals surface area contributed by atoms with Crippen molar-refractivity contribution in [1.29, 1.82) is 0 Å². The molecule has 3 rings (SSSR count). The number of carbonyl (C=O) groups is 1. The SMILES string of the molecule is Cc1cccc(CC(=O)C2CC3CCCC(C2)S3=O)c1F. The summed E-state index contributed by atoms with van der Waals surface area (Å²) < 4.78 is 26.2. The minimum atomic E-state index is -0.754. The number of halogens is 1. The molecule has 2 fully saturated rings. The first-order valence-electron chi connectivity index (χ1n) is 7.72. The molecule has 2 aliphatic rings. The Hall–Kier alpha value is -1.03. The minimum absolute atomic E-state index is 0.0297. The number of hydrogen-bond donors (Lipinski definition) is 0. The topological polar surface area (TPSA) is 34.1 Å². The highest BCUT2D eigenvalue weighted by Crippen LogP contribution is 2.37. The molecule has 2 heterocycles. The van der Waals surface area contributed by atoms with E-state index >= 15 is 0 Å². The van der Waals surface area contributed by atoms with E-state index in [4.69, 9.17) is 0 Å². The summed E-state index contributed by atoms with van der Waals surface area (Å²) in [5.41, 5.74) is 1.08. The summed E-state index contributed by atoms with van der Waals surface area (Å²) in [4.78, 5) is 12.5. The predicted octanol–water partition coefficient (Wildman–Crippen LogP) is 3.33. The van der Waals surface area contributed by atoms with E-state index in [-0.39, 0.29) is 34.4 Å². The van der Waals surface area contributed by atoms with Crippen LogP contribution in [0.2, 0.25) is 0 Å². The molecule has 2 aliphatic heterocycles. The van der Waals surface area contributed by atoms with Crippen LogP contribution in [0.5, 0.6) is 0 Å². The summed E-state index contributed by atoms with van der Waals surface area (Å²) >= 11 is 0. The van der Waals surface area contributed by atoms with Crippen molar-refractivity contribution in [2.24, 2.45) is 5.92 Å². The van der Waals surface area contributed by atoms with Crippen molar-refractivity contribution in [1.82, 2.24) is 0 Å². The monoisotopic (exact) mass is 308 g/mol. The molecule has 1 aromatic carbocycles. The summed E-state index contributed by atoms with van der Waals surface area (Å²) in [7, 11) is -0.754. The van der Waals surface area contributed by atoms with Gasteiger partial charge in [-0.15, -0.1) is 0 Å². The number of Topliss-reactive ketones (excluding diaryl/α,β-unsaturated/α-hetero) is 1. The fourth-order valence-corrected chi connectivity index (χ4v) is 5.86. The van der Waals surface area contributed by atoms with Crippen LogP contribution in [0.25, 0.3) is 0 Å². The van der Waals surface area contributed by atoms with Crippen molar-refractivity contribution in [3.8, 4) is 0 Å². The first-order valence-corrected chi connectivity index (χ1v) is 9.00. The van der Waals surface area contributed by atoms with Gasteiger partial charge in [0.25, 0.3) is 0 Å². The molecule has 2 atom stereocenters. The van der Waals surface area contributed by atoms with Crippen molar-refractivity contribution < 1.29 is 13.4 Å². The van der Waals surface area contributed by atoms with E-state index in [1.165, 1.54) is 0 Å². The van der Waals surface area contributed by atoms with E-state index in [1.54, 1.807) is 25.1 Å². The van der Waals surface area contributed by atoms with Crippen molar-refractivity contribution in [3.05, 3.63) is 35.1 Å². The Kier molecular flexibility index (Phi) is 4.25. The van der Waals surface area contributed by atoms with Gasteiger partial charge in [0.15, 0.2) is 0 Å². The molecule has 0 N–H and O–H groups in total. The van der Waals surface area contributed by atoms with Crippen LogP contribution in [0.4, 0.5) is 4.39 Å². The van der Waals surface area contributed by atoms with Gasteiger partial charge in [0.2, 0.25) is 0 Å². The molecule has 1 aromatic rings. The van der Waals surface area contributed by atoms with Crippen LogP contribution in [-0.4, -0.2) is 20.5 Å². The van der Waals surface area contributed by atoms with Crippen LogP contribution < -0.4 is 0 Å². The van der Waals surface area contributed by atoms with Gasteiger partial charge in [-0.05, 0) is 43.7 Å². The Balaban J connectivity index is 1.71. The second-order valence-corrected chi connectivity index (χ2v) is 8.35. The van der Waals surface area contributed by atoms with Gasteiger partial charge in [0.1, 0.15) is 11.6 Å². The average Bonchev–Trinajstić information content (AvgIpc) is 2.43. The van der Waals surface area contributed by atoms with Crippen molar-refractivity contribution in [2.75, 3.05) is 0 Å². The van der Waals surface area contributed by atoms with E-state index in [2.05, 4.69) is 0 Å². The van der Waals surface area contributed by atoms with E-state index in [0.29, 0.717) is 11.1 Å². The summed E-state index contributed by atoms with van der Waals surface area (Å²) in [6, 6.07) is 5.21. The molecule has 0 amide bonds. The number of carbonyl (C=O) groups excluding carboxylic acids is 1. The Morgan fingerprint density at radius 3 is 2.62 bits per heavy atom. The smallest absolute Gasteiger partial charge is 0.140 e. The van der Waals surface area contributed by atoms with Crippen molar-refractivity contribution in [2.45, 2.75) is 55.9 Å². The van der Waals surface area contributed by atoms with Gasteiger partial charge in [0, 0.05) is 33.6 Å². The molecule has 0 saturated carbocycles. The molecular formula is C17H21FO2S. The molecule has 2 unspecified atom stereocenters. The lowest BCUT2D eigenvalue weighted by Gasteiger charge is -2.37. The molecule has 0 aromatic heterocycles. The van der Waals surface area contributed by atoms with Crippen LogP contribution in [0.1, 0.15) is 43.2 Å². The Labute approximate surface area is 127 Å². The summed E-state index contributed by atoms with van der Waals surface area (Å²) in [5.74, 6) is -0.170. The quantitative estimate of drug-likeness (QED) is 0.858. The molecule has 4 heteroatoms. The lowest BCUT2D eigenvalue weighted by Crippen LogP contribution is -2.41. The van der Waals surface area contributed by atoms with Crippen LogP contribution in [0, 0.1) is 18.7 Å². The highest BCUT2D eigenvalue weighted by atomic mass is 32.2. The maximum absolute atomic E-state index is 14.0. The molecule has 114 valence electrons. The second-order valence-electron chi connectivity index (χ2n) is 6.36. The van der Waals surface area contributed by atoms with Gasteiger partial charge in [-0.2, -0.15) is 0 Å². The Bertz CT molecular complexity index is 568. The predicted molar refractivity (Wildman–Crippen MR) is 82.1 cm³/mol. The Morgan fingerprint density at radius 2 is 1.95 bits per heavy atom. The van der Waals surface area contributed by atoms with Gasteiger partial charge < -0.3 is 0 Å². The van der Waals surface area contributed by atoms with Crippen LogP contribution in [-0.2, 0) is 22.0 Å². The molecule has 0 spiro atoms. The maximum Gasteiger partial charge on any atom is 0.140 e. The van der Waals surface area contributed by atoms with Crippen LogP contribution in [0.15, 0.2) is 18.2 Å². The van der Waals surface area contributed by atoms with E-state index in [1.807, 2.05) is 0 Å². The second kappa shape index (κ2) is 5.99. The van der Waals surface area contributed by atoms with E-state index in [9.17, 15) is 13.4 Å². The molecule has 21 heavy (non-hydrogen) atoms. The minimum Gasteiger partial charge on any atom is -0.299 e. The lowest BCUT2D eigenvalue weighted by molar-refractivity contribution is -0.122. The summed E-state index contributed by atoms with van der Waals surface area (Å²) in [6.07, 6.45) is 4.72. The van der Waals surface area contributed by atoms with Crippen molar-refractivity contribution >= 4 is 16.6 Å². The van der Waals surface area contributed by atoms with E-state index in [0.717, 1.165) is 32.1 Å². The highest BCUT2D eigenvalue weighted by Gasteiger charge is 2.40. The first-order chi connectivity index (χ1) is 10.1. The third-order valence-corrected chi connectivity index (χ3v) is 7.07. The Morgan fingerprint density at radius 1 is 1.29 bits per heavy atom. The van der Waals surface area contributed by atoms with E-state index < -0.39 is 10.8 Å².